The first-order chi connectivity index (χ1) is 5.77. The van der Waals surface area contributed by atoms with Gasteiger partial charge in [-0.3, -0.25) is 0 Å². The number of rotatable bonds is 8. The lowest BCUT2D eigenvalue weighted by molar-refractivity contribution is 0.0184. The summed E-state index contributed by atoms with van der Waals surface area (Å²) in [6.07, 6.45) is 0. The molecule has 3 heteroatoms. The summed E-state index contributed by atoms with van der Waals surface area (Å²) in [5.41, 5.74) is 0. The third kappa shape index (κ3) is 9.88. The summed E-state index contributed by atoms with van der Waals surface area (Å²) in [6.45, 7) is 7.73. The predicted molar refractivity (Wildman–Crippen MR) is 48.4 cm³/mol. The second kappa shape index (κ2) is 8.97. The Kier molecular flexibility index (Phi) is 8.88. The second-order valence-electron chi connectivity index (χ2n) is 3.07. The molecular weight excluding hydrogens is 156 g/mol. The summed E-state index contributed by atoms with van der Waals surface area (Å²) in [4.78, 5) is 0. The van der Waals surface area contributed by atoms with Crippen LogP contribution in [0.3, 0.4) is 0 Å². The predicted octanol–water partition coefficient (Wildman–Crippen LogP) is 1.32. The summed E-state index contributed by atoms with van der Waals surface area (Å²) in [5.74, 6) is 0.601. The van der Waals surface area contributed by atoms with Gasteiger partial charge >= 0.3 is 0 Å². The van der Waals surface area contributed by atoms with Gasteiger partial charge < -0.3 is 14.2 Å². The molecule has 0 aromatic rings. The Hall–Kier alpha value is -0.120. The minimum Gasteiger partial charge on any atom is -0.382 e. The summed E-state index contributed by atoms with van der Waals surface area (Å²) in [6, 6.07) is 0. The number of hydrogen-bond acceptors (Lipinski definition) is 3. The topological polar surface area (TPSA) is 27.7 Å². The molecule has 0 amide bonds. The zero-order chi connectivity index (χ0) is 9.23. The average molecular weight is 176 g/mol. The zero-order valence-corrected chi connectivity index (χ0v) is 8.34. The van der Waals surface area contributed by atoms with E-state index < -0.39 is 0 Å². The Balaban J connectivity index is 2.82. The molecule has 0 heterocycles. The highest BCUT2D eigenvalue weighted by molar-refractivity contribution is 4.39. The molecule has 0 radical (unpaired) electrons. The van der Waals surface area contributed by atoms with E-state index in [0.29, 0.717) is 32.3 Å². The maximum absolute atomic E-state index is 5.31. The van der Waals surface area contributed by atoms with Gasteiger partial charge in [0.1, 0.15) is 0 Å². The minimum absolute atomic E-state index is 0.601. The zero-order valence-electron chi connectivity index (χ0n) is 8.34. The number of methoxy groups -OCH3 is 1. The Morgan fingerprint density at radius 1 is 0.917 bits per heavy atom. The van der Waals surface area contributed by atoms with Crippen molar-refractivity contribution in [1.29, 1.82) is 0 Å². The van der Waals surface area contributed by atoms with Crippen molar-refractivity contribution in [3.8, 4) is 0 Å². The molecular formula is C9H20O3. The first-order valence-electron chi connectivity index (χ1n) is 4.41. The van der Waals surface area contributed by atoms with E-state index in [4.69, 9.17) is 14.2 Å². The maximum atomic E-state index is 5.31. The lowest BCUT2D eigenvalue weighted by atomic mass is 10.2. The number of ether oxygens (including phenoxy) is 3. The molecule has 0 aliphatic heterocycles. The molecule has 0 N–H and O–H groups in total. The first-order valence-corrected chi connectivity index (χ1v) is 4.41. The van der Waals surface area contributed by atoms with Crippen LogP contribution in [-0.4, -0.2) is 40.1 Å². The molecule has 0 aromatic heterocycles. The van der Waals surface area contributed by atoms with E-state index in [0.717, 1.165) is 6.61 Å². The van der Waals surface area contributed by atoms with E-state index in [1.165, 1.54) is 0 Å². The molecule has 0 aromatic carbocycles. The van der Waals surface area contributed by atoms with Gasteiger partial charge in [-0.25, -0.2) is 0 Å². The van der Waals surface area contributed by atoms with Crippen LogP contribution in [0.4, 0.5) is 0 Å². The third-order valence-corrected chi connectivity index (χ3v) is 1.25. The quantitative estimate of drug-likeness (QED) is 0.522. The molecule has 0 bridgehead atoms. The highest BCUT2D eigenvalue weighted by atomic mass is 16.5. The van der Waals surface area contributed by atoms with Gasteiger partial charge in [-0.2, -0.15) is 0 Å². The van der Waals surface area contributed by atoms with Crippen molar-refractivity contribution in [2.75, 3.05) is 40.1 Å². The summed E-state index contributed by atoms with van der Waals surface area (Å²) in [5, 5.41) is 0. The van der Waals surface area contributed by atoms with E-state index >= 15 is 0 Å². The summed E-state index contributed by atoms with van der Waals surface area (Å²) >= 11 is 0. The van der Waals surface area contributed by atoms with Crippen molar-refractivity contribution >= 4 is 0 Å². The second-order valence-corrected chi connectivity index (χ2v) is 3.07. The van der Waals surface area contributed by atoms with Gasteiger partial charge in [0.25, 0.3) is 0 Å². The van der Waals surface area contributed by atoms with E-state index in [1.807, 2.05) is 0 Å². The fourth-order valence-corrected chi connectivity index (χ4v) is 0.681. The van der Waals surface area contributed by atoms with E-state index in [2.05, 4.69) is 13.8 Å². The molecule has 0 aliphatic carbocycles. The van der Waals surface area contributed by atoms with Gasteiger partial charge in [-0.1, -0.05) is 13.8 Å². The van der Waals surface area contributed by atoms with E-state index in [9.17, 15) is 0 Å². The highest BCUT2D eigenvalue weighted by Crippen LogP contribution is 1.91. The van der Waals surface area contributed by atoms with E-state index in [1.54, 1.807) is 7.11 Å². The average Bonchev–Trinajstić information content (AvgIpc) is 2.02. The lowest BCUT2D eigenvalue weighted by Crippen LogP contribution is -2.10. The molecule has 0 atom stereocenters. The Labute approximate surface area is 75.0 Å². The highest BCUT2D eigenvalue weighted by Gasteiger charge is 1.93. The van der Waals surface area contributed by atoms with Crippen LogP contribution in [0.25, 0.3) is 0 Å². The molecule has 74 valence electrons. The van der Waals surface area contributed by atoms with Gasteiger partial charge in [0.05, 0.1) is 26.4 Å². The van der Waals surface area contributed by atoms with Crippen LogP contribution in [0.15, 0.2) is 0 Å². The van der Waals surface area contributed by atoms with E-state index in [-0.39, 0.29) is 0 Å². The van der Waals surface area contributed by atoms with Crippen LogP contribution < -0.4 is 0 Å². The Bertz CT molecular complexity index is 83.8. The monoisotopic (exact) mass is 176 g/mol. The molecule has 0 saturated heterocycles. The van der Waals surface area contributed by atoms with Crippen LogP contribution in [0.1, 0.15) is 13.8 Å². The summed E-state index contributed by atoms with van der Waals surface area (Å²) < 4.78 is 15.3. The maximum Gasteiger partial charge on any atom is 0.0701 e. The molecule has 0 aliphatic rings. The van der Waals surface area contributed by atoms with Gasteiger partial charge in [-0.05, 0) is 5.92 Å². The molecule has 12 heavy (non-hydrogen) atoms. The summed E-state index contributed by atoms with van der Waals surface area (Å²) in [7, 11) is 1.67. The Morgan fingerprint density at radius 2 is 1.50 bits per heavy atom. The SMILES string of the molecule is COCCOCCOCC(C)C. The van der Waals surface area contributed by atoms with Crippen LogP contribution in [0.5, 0.6) is 0 Å². The fourth-order valence-electron chi connectivity index (χ4n) is 0.681. The van der Waals surface area contributed by atoms with Crippen LogP contribution in [0.2, 0.25) is 0 Å². The van der Waals surface area contributed by atoms with Gasteiger partial charge in [0.15, 0.2) is 0 Å². The fraction of sp³-hybridized carbons (Fsp3) is 1.00. The number of hydrogen-bond donors (Lipinski definition) is 0. The van der Waals surface area contributed by atoms with Crippen LogP contribution in [-0.2, 0) is 14.2 Å². The van der Waals surface area contributed by atoms with Crippen LogP contribution >= 0.6 is 0 Å². The first kappa shape index (κ1) is 11.9. The Morgan fingerprint density at radius 3 is 2.08 bits per heavy atom. The van der Waals surface area contributed by atoms with Crippen LogP contribution in [0, 0.1) is 5.92 Å². The molecule has 0 saturated carbocycles. The van der Waals surface area contributed by atoms with Gasteiger partial charge in [0.2, 0.25) is 0 Å². The standard InChI is InChI=1S/C9H20O3/c1-9(2)8-12-7-6-11-5-4-10-3/h9H,4-8H2,1-3H3. The van der Waals surface area contributed by atoms with Crippen molar-refractivity contribution in [3.63, 3.8) is 0 Å². The molecule has 0 unspecified atom stereocenters. The van der Waals surface area contributed by atoms with Crippen molar-refractivity contribution in [2.45, 2.75) is 13.8 Å². The molecule has 0 fully saturated rings. The van der Waals surface area contributed by atoms with Crippen molar-refractivity contribution in [1.82, 2.24) is 0 Å². The van der Waals surface area contributed by atoms with Crippen molar-refractivity contribution < 1.29 is 14.2 Å². The minimum atomic E-state index is 0.601. The third-order valence-electron chi connectivity index (χ3n) is 1.25. The molecule has 0 spiro atoms. The largest absolute Gasteiger partial charge is 0.382 e. The normalized spacial score (nSPS) is 11.0. The lowest BCUT2D eigenvalue weighted by Gasteiger charge is -2.06. The van der Waals surface area contributed by atoms with Gasteiger partial charge in [-0.15, -0.1) is 0 Å². The van der Waals surface area contributed by atoms with Gasteiger partial charge in [0, 0.05) is 13.7 Å². The molecule has 0 rings (SSSR count). The molecule has 3 nitrogen and oxygen atoms in total. The smallest absolute Gasteiger partial charge is 0.0701 e. The van der Waals surface area contributed by atoms with Crippen molar-refractivity contribution in [2.24, 2.45) is 5.92 Å². The van der Waals surface area contributed by atoms with Crippen molar-refractivity contribution in [3.05, 3.63) is 0 Å².